The third kappa shape index (κ3) is 3.33. The Morgan fingerprint density at radius 2 is 2.41 bits per heavy atom. The zero-order chi connectivity index (χ0) is 15.5. The maximum Gasteiger partial charge on any atom is 0.189 e. The van der Waals surface area contributed by atoms with Crippen LogP contribution in [0.4, 0.5) is 10.1 Å². The van der Waals surface area contributed by atoms with Crippen LogP contribution < -0.4 is 16.1 Å². The van der Waals surface area contributed by atoms with Gasteiger partial charge in [-0.1, -0.05) is 0 Å². The SMILES string of the molecule is CC1CN(C(=S)N/N=C2/CCNc3cc(F)cnc32)CCN1. The molecule has 6 nitrogen and oxygen atoms in total. The number of thiocarbonyl (C=S) groups is 1. The zero-order valence-electron chi connectivity index (χ0n) is 12.4. The van der Waals surface area contributed by atoms with Crippen molar-refractivity contribution in [2.45, 2.75) is 19.4 Å². The Hall–Kier alpha value is -1.80. The average Bonchev–Trinajstić information content (AvgIpc) is 2.52. The van der Waals surface area contributed by atoms with Gasteiger partial charge in [0.05, 0.1) is 17.6 Å². The second-order valence-electron chi connectivity index (χ2n) is 5.50. The van der Waals surface area contributed by atoms with Crippen LogP contribution in [-0.4, -0.2) is 52.9 Å². The van der Waals surface area contributed by atoms with Crippen molar-refractivity contribution in [1.29, 1.82) is 0 Å². The van der Waals surface area contributed by atoms with E-state index in [0.717, 1.165) is 31.8 Å². The Labute approximate surface area is 134 Å². The van der Waals surface area contributed by atoms with Gasteiger partial charge in [-0.3, -0.25) is 5.43 Å². The Kier molecular flexibility index (Phi) is 4.49. The maximum absolute atomic E-state index is 13.2. The van der Waals surface area contributed by atoms with E-state index in [1.165, 1.54) is 12.3 Å². The first-order valence-electron chi connectivity index (χ1n) is 7.38. The Morgan fingerprint density at radius 3 is 3.23 bits per heavy atom. The summed E-state index contributed by atoms with van der Waals surface area (Å²) >= 11 is 5.40. The van der Waals surface area contributed by atoms with E-state index in [9.17, 15) is 4.39 Å². The van der Waals surface area contributed by atoms with E-state index >= 15 is 0 Å². The third-order valence-corrected chi connectivity index (χ3v) is 4.10. The van der Waals surface area contributed by atoms with Gasteiger partial charge in [0, 0.05) is 44.7 Å². The van der Waals surface area contributed by atoms with Crippen LogP contribution in [0.3, 0.4) is 0 Å². The molecule has 2 aliphatic rings. The molecule has 0 radical (unpaired) electrons. The minimum Gasteiger partial charge on any atom is -0.383 e. The van der Waals surface area contributed by atoms with Crippen molar-refractivity contribution < 1.29 is 4.39 Å². The highest BCUT2D eigenvalue weighted by atomic mass is 32.1. The number of hydrazone groups is 1. The lowest BCUT2D eigenvalue weighted by atomic mass is 10.1. The molecule has 3 heterocycles. The van der Waals surface area contributed by atoms with E-state index in [1.807, 2.05) is 0 Å². The molecule has 2 aliphatic heterocycles. The number of nitrogens with zero attached hydrogens (tertiary/aromatic N) is 3. The predicted octanol–water partition coefficient (Wildman–Crippen LogP) is 0.909. The van der Waals surface area contributed by atoms with E-state index in [2.05, 4.69) is 38.0 Å². The highest BCUT2D eigenvalue weighted by molar-refractivity contribution is 7.80. The topological polar surface area (TPSA) is 64.6 Å². The van der Waals surface area contributed by atoms with Gasteiger partial charge in [0.15, 0.2) is 5.11 Å². The van der Waals surface area contributed by atoms with Crippen molar-refractivity contribution in [3.8, 4) is 0 Å². The molecule has 0 aliphatic carbocycles. The lowest BCUT2D eigenvalue weighted by molar-refractivity contribution is 0.301. The van der Waals surface area contributed by atoms with Gasteiger partial charge in [-0.15, -0.1) is 0 Å². The second-order valence-corrected chi connectivity index (χ2v) is 5.89. The van der Waals surface area contributed by atoms with Gasteiger partial charge in [-0.2, -0.15) is 5.10 Å². The van der Waals surface area contributed by atoms with Gasteiger partial charge in [0.1, 0.15) is 11.5 Å². The third-order valence-electron chi connectivity index (χ3n) is 3.75. The molecule has 1 unspecified atom stereocenters. The summed E-state index contributed by atoms with van der Waals surface area (Å²) in [6.45, 7) is 5.46. The number of aromatic nitrogens is 1. The normalized spacial score (nSPS) is 22.9. The molecule has 0 saturated carbocycles. The van der Waals surface area contributed by atoms with Gasteiger partial charge in [0.25, 0.3) is 0 Å². The molecule has 1 atom stereocenters. The first-order valence-corrected chi connectivity index (χ1v) is 7.79. The van der Waals surface area contributed by atoms with Gasteiger partial charge >= 0.3 is 0 Å². The Bertz CT molecular complexity index is 605. The van der Waals surface area contributed by atoms with Gasteiger partial charge in [-0.25, -0.2) is 9.37 Å². The summed E-state index contributed by atoms with van der Waals surface area (Å²) in [7, 11) is 0. The fraction of sp³-hybridized carbons (Fsp3) is 0.500. The van der Waals surface area contributed by atoms with Crippen molar-refractivity contribution in [2.75, 3.05) is 31.5 Å². The van der Waals surface area contributed by atoms with Crippen molar-refractivity contribution in [1.82, 2.24) is 20.6 Å². The predicted molar refractivity (Wildman–Crippen MR) is 88.6 cm³/mol. The van der Waals surface area contributed by atoms with Gasteiger partial charge in [0.2, 0.25) is 0 Å². The minimum absolute atomic E-state index is 0.356. The fourth-order valence-corrected chi connectivity index (χ4v) is 2.86. The van der Waals surface area contributed by atoms with Crippen molar-refractivity contribution in [2.24, 2.45) is 5.10 Å². The molecule has 0 spiro atoms. The van der Waals surface area contributed by atoms with Gasteiger partial charge < -0.3 is 15.5 Å². The lowest BCUT2D eigenvalue weighted by Gasteiger charge is -2.33. The first kappa shape index (κ1) is 15.1. The highest BCUT2D eigenvalue weighted by Gasteiger charge is 2.20. The number of nitrogens with one attached hydrogen (secondary N) is 3. The van der Waals surface area contributed by atoms with E-state index < -0.39 is 0 Å². The molecule has 0 bridgehead atoms. The molecule has 118 valence electrons. The monoisotopic (exact) mass is 322 g/mol. The number of pyridine rings is 1. The summed E-state index contributed by atoms with van der Waals surface area (Å²) in [6.07, 6.45) is 1.93. The van der Waals surface area contributed by atoms with Crippen molar-refractivity contribution in [3.05, 3.63) is 23.8 Å². The number of rotatable bonds is 1. The van der Waals surface area contributed by atoms with Gasteiger partial charge in [-0.05, 0) is 19.1 Å². The van der Waals surface area contributed by atoms with Crippen LogP contribution in [0.5, 0.6) is 0 Å². The highest BCUT2D eigenvalue weighted by Crippen LogP contribution is 2.20. The Balaban J connectivity index is 1.70. The average molecular weight is 322 g/mol. The molecule has 1 aromatic heterocycles. The number of piperazine rings is 1. The van der Waals surface area contributed by atoms with Crippen LogP contribution in [0.15, 0.2) is 17.4 Å². The number of anilines is 1. The Morgan fingerprint density at radius 1 is 1.55 bits per heavy atom. The number of fused-ring (bicyclic) bond motifs is 1. The molecule has 0 amide bonds. The van der Waals surface area contributed by atoms with E-state index in [-0.39, 0.29) is 5.82 Å². The molecule has 8 heteroatoms. The molecule has 1 fully saturated rings. The van der Waals surface area contributed by atoms with Crippen LogP contribution in [0, 0.1) is 5.82 Å². The molecule has 1 aromatic rings. The molecule has 0 aromatic carbocycles. The summed E-state index contributed by atoms with van der Waals surface area (Å²) < 4.78 is 13.2. The van der Waals surface area contributed by atoms with Crippen molar-refractivity contribution in [3.63, 3.8) is 0 Å². The smallest absolute Gasteiger partial charge is 0.189 e. The number of halogens is 1. The second kappa shape index (κ2) is 6.53. The number of hydrogen-bond acceptors (Lipinski definition) is 5. The fourth-order valence-electron chi connectivity index (χ4n) is 2.65. The van der Waals surface area contributed by atoms with Crippen LogP contribution in [0.25, 0.3) is 0 Å². The lowest BCUT2D eigenvalue weighted by Crippen LogP contribution is -2.53. The molecule has 22 heavy (non-hydrogen) atoms. The molecule has 3 rings (SSSR count). The number of hydrogen-bond donors (Lipinski definition) is 3. The summed E-state index contributed by atoms with van der Waals surface area (Å²) in [4.78, 5) is 6.23. The zero-order valence-corrected chi connectivity index (χ0v) is 13.2. The van der Waals surface area contributed by atoms with E-state index in [1.54, 1.807) is 0 Å². The van der Waals surface area contributed by atoms with Crippen LogP contribution in [0.1, 0.15) is 19.0 Å². The first-order chi connectivity index (χ1) is 10.6. The molecule has 1 saturated heterocycles. The maximum atomic E-state index is 13.2. The van der Waals surface area contributed by atoms with Crippen LogP contribution in [0.2, 0.25) is 0 Å². The largest absolute Gasteiger partial charge is 0.383 e. The molecular formula is C14H19FN6S. The summed E-state index contributed by atoms with van der Waals surface area (Å²) in [5.74, 6) is -0.356. The summed E-state index contributed by atoms with van der Waals surface area (Å²) in [6, 6.07) is 1.85. The minimum atomic E-state index is -0.356. The standard InChI is InChI=1S/C14H19FN6S/c1-9-8-21(5-4-16-9)14(22)20-19-11-2-3-17-12-6-10(15)7-18-13(11)12/h6-7,9,16-17H,2-5,8H2,1H3,(H,20,22)/b19-11-. The van der Waals surface area contributed by atoms with Crippen LogP contribution in [-0.2, 0) is 0 Å². The summed E-state index contributed by atoms with van der Waals surface area (Å²) in [5, 5.41) is 11.5. The van der Waals surface area contributed by atoms with E-state index in [4.69, 9.17) is 12.2 Å². The quantitative estimate of drug-likeness (QED) is 0.528. The summed E-state index contributed by atoms with van der Waals surface area (Å²) in [5.41, 5.74) is 5.10. The van der Waals surface area contributed by atoms with Crippen LogP contribution >= 0.6 is 12.2 Å². The molecular weight excluding hydrogens is 303 g/mol. The van der Waals surface area contributed by atoms with Crippen molar-refractivity contribution >= 4 is 28.7 Å². The molecule has 3 N–H and O–H groups in total. The van der Waals surface area contributed by atoms with E-state index in [0.29, 0.717) is 29.1 Å².